The van der Waals surface area contributed by atoms with Crippen LogP contribution in [0.25, 0.3) is 11.6 Å². The van der Waals surface area contributed by atoms with E-state index in [0.29, 0.717) is 33.7 Å². The summed E-state index contributed by atoms with van der Waals surface area (Å²) in [5, 5.41) is 10.6. The van der Waals surface area contributed by atoms with Gasteiger partial charge in [-0.3, -0.25) is 0 Å². The van der Waals surface area contributed by atoms with Crippen LogP contribution in [-0.4, -0.2) is 6.61 Å². The minimum atomic E-state index is -0.449. The summed E-state index contributed by atoms with van der Waals surface area (Å²) >= 11 is 12.1. The van der Waals surface area contributed by atoms with E-state index in [-0.39, 0.29) is 17.7 Å². The lowest BCUT2D eigenvalue weighted by Crippen LogP contribution is -2.00. The van der Waals surface area contributed by atoms with Crippen LogP contribution in [0.3, 0.4) is 0 Å². The second-order valence-electron chi connectivity index (χ2n) is 6.31. The molecule has 3 aromatic carbocycles. The van der Waals surface area contributed by atoms with Gasteiger partial charge in [0.2, 0.25) is 0 Å². The molecular weight excluding hydrogens is 424 g/mol. The molecule has 0 spiro atoms. The standard InChI is InChI=1S/C24H18Cl2FNO2/c1-2-29-24-12-16(11-18(14-28)20-5-3-4-6-22(20)27)7-10-23(24)30-15-17-8-9-19(25)13-21(17)26/h3-13H,2,15H2,1H3. The second-order valence-corrected chi connectivity index (χ2v) is 7.16. The van der Waals surface area contributed by atoms with Crippen molar-refractivity contribution in [2.45, 2.75) is 13.5 Å². The van der Waals surface area contributed by atoms with Crippen LogP contribution >= 0.6 is 23.2 Å². The lowest BCUT2D eigenvalue weighted by molar-refractivity contribution is 0.269. The highest BCUT2D eigenvalue weighted by atomic mass is 35.5. The van der Waals surface area contributed by atoms with E-state index < -0.39 is 5.82 Å². The molecule has 0 aromatic heterocycles. The van der Waals surface area contributed by atoms with Gasteiger partial charge in [-0.25, -0.2) is 4.39 Å². The van der Waals surface area contributed by atoms with E-state index in [1.807, 2.05) is 6.92 Å². The molecule has 0 heterocycles. The quantitative estimate of drug-likeness (QED) is 0.288. The van der Waals surface area contributed by atoms with Gasteiger partial charge in [0.1, 0.15) is 12.4 Å². The summed E-state index contributed by atoms with van der Waals surface area (Å²) in [6, 6.07) is 18.7. The topological polar surface area (TPSA) is 42.2 Å². The van der Waals surface area contributed by atoms with Crippen molar-refractivity contribution in [3.8, 4) is 17.6 Å². The third kappa shape index (κ3) is 5.33. The molecule has 0 unspecified atom stereocenters. The molecule has 0 aliphatic carbocycles. The molecule has 0 bridgehead atoms. The maximum absolute atomic E-state index is 14.1. The Morgan fingerprint density at radius 3 is 2.53 bits per heavy atom. The van der Waals surface area contributed by atoms with E-state index in [1.54, 1.807) is 60.7 Å². The molecule has 0 amide bonds. The Morgan fingerprint density at radius 2 is 1.83 bits per heavy atom. The Labute approximate surface area is 184 Å². The Balaban J connectivity index is 1.87. The Morgan fingerprint density at radius 1 is 1.03 bits per heavy atom. The van der Waals surface area contributed by atoms with Gasteiger partial charge in [-0.2, -0.15) is 5.26 Å². The van der Waals surface area contributed by atoms with Gasteiger partial charge in [-0.15, -0.1) is 0 Å². The minimum absolute atomic E-state index is 0.220. The number of halogens is 3. The van der Waals surface area contributed by atoms with Crippen molar-refractivity contribution >= 4 is 34.9 Å². The highest BCUT2D eigenvalue weighted by molar-refractivity contribution is 6.35. The number of nitriles is 1. The highest BCUT2D eigenvalue weighted by Gasteiger charge is 2.11. The largest absolute Gasteiger partial charge is 0.490 e. The van der Waals surface area contributed by atoms with Gasteiger partial charge in [-0.05, 0) is 48.9 Å². The molecule has 0 saturated heterocycles. The summed E-state index contributed by atoms with van der Waals surface area (Å²) in [6.07, 6.45) is 1.61. The van der Waals surface area contributed by atoms with Crippen molar-refractivity contribution in [1.29, 1.82) is 5.26 Å². The lowest BCUT2D eigenvalue weighted by atomic mass is 10.0. The van der Waals surface area contributed by atoms with E-state index in [2.05, 4.69) is 6.07 Å². The first-order valence-corrected chi connectivity index (χ1v) is 9.97. The fraction of sp³-hybridized carbons (Fsp3) is 0.125. The van der Waals surface area contributed by atoms with Gasteiger partial charge in [0.15, 0.2) is 11.5 Å². The average Bonchev–Trinajstić information content (AvgIpc) is 2.73. The monoisotopic (exact) mass is 441 g/mol. The number of allylic oxidation sites excluding steroid dienone is 1. The van der Waals surface area contributed by atoms with E-state index in [9.17, 15) is 9.65 Å². The minimum Gasteiger partial charge on any atom is -0.490 e. The molecular formula is C24H18Cl2FNO2. The van der Waals surface area contributed by atoms with E-state index in [4.69, 9.17) is 32.7 Å². The predicted octanol–water partition coefficient (Wildman–Crippen LogP) is 7.17. The first kappa shape index (κ1) is 21.7. The zero-order valence-corrected chi connectivity index (χ0v) is 17.7. The summed E-state index contributed by atoms with van der Waals surface area (Å²) < 4.78 is 25.6. The van der Waals surface area contributed by atoms with Gasteiger partial charge >= 0.3 is 0 Å². The van der Waals surface area contributed by atoms with Crippen molar-refractivity contribution in [1.82, 2.24) is 0 Å². The number of hydrogen-bond acceptors (Lipinski definition) is 3. The zero-order chi connectivity index (χ0) is 21.5. The number of nitrogens with zero attached hydrogens (tertiary/aromatic N) is 1. The number of rotatable bonds is 7. The van der Waals surface area contributed by atoms with Crippen LogP contribution in [0.15, 0.2) is 60.7 Å². The van der Waals surface area contributed by atoms with Gasteiger partial charge in [-0.1, -0.05) is 53.5 Å². The zero-order valence-electron chi connectivity index (χ0n) is 16.2. The summed E-state index contributed by atoms with van der Waals surface area (Å²) in [6.45, 7) is 2.54. The molecule has 3 nitrogen and oxygen atoms in total. The van der Waals surface area contributed by atoms with Crippen molar-refractivity contribution in [2.24, 2.45) is 0 Å². The van der Waals surface area contributed by atoms with Crippen molar-refractivity contribution in [3.05, 3.63) is 93.2 Å². The van der Waals surface area contributed by atoms with Gasteiger partial charge in [0.05, 0.1) is 18.2 Å². The van der Waals surface area contributed by atoms with Crippen LogP contribution in [0.1, 0.15) is 23.6 Å². The van der Waals surface area contributed by atoms with Crippen LogP contribution < -0.4 is 9.47 Å². The predicted molar refractivity (Wildman–Crippen MR) is 118 cm³/mol. The number of ether oxygens (including phenoxy) is 2. The van der Waals surface area contributed by atoms with Crippen LogP contribution in [0.5, 0.6) is 11.5 Å². The fourth-order valence-electron chi connectivity index (χ4n) is 2.81. The molecule has 0 fully saturated rings. The molecule has 0 aliphatic heterocycles. The summed E-state index contributed by atoms with van der Waals surface area (Å²) in [4.78, 5) is 0. The molecule has 0 radical (unpaired) electrons. The molecule has 0 atom stereocenters. The lowest BCUT2D eigenvalue weighted by Gasteiger charge is -2.13. The van der Waals surface area contributed by atoms with E-state index in [1.165, 1.54) is 6.07 Å². The maximum atomic E-state index is 14.1. The fourth-order valence-corrected chi connectivity index (χ4v) is 3.28. The molecule has 152 valence electrons. The first-order valence-electron chi connectivity index (χ1n) is 9.22. The van der Waals surface area contributed by atoms with Crippen LogP contribution in [0.4, 0.5) is 4.39 Å². The highest BCUT2D eigenvalue weighted by Crippen LogP contribution is 2.32. The van der Waals surface area contributed by atoms with Crippen LogP contribution in [0.2, 0.25) is 10.0 Å². The third-order valence-electron chi connectivity index (χ3n) is 4.26. The maximum Gasteiger partial charge on any atom is 0.161 e. The Bertz CT molecular complexity index is 1120. The molecule has 0 saturated carbocycles. The van der Waals surface area contributed by atoms with Gasteiger partial charge in [0, 0.05) is 21.2 Å². The molecule has 3 rings (SSSR count). The second kappa shape index (κ2) is 10.2. The van der Waals surface area contributed by atoms with Crippen LogP contribution in [0, 0.1) is 17.1 Å². The smallest absolute Gasteiger partial charge is 0.161 e. The van der Waals surface area contributed by atoms with E-state index in [0.717, 1.165) is 5.56 Å². The van der Waals surface area contributed by atoms with Crippen molar-refractivity contribution < 1.29 is 13.9 Å². The molecule has 0 N–H and O–H groups in total. The summed E-state index contributed by atoms with van der Waals surface area (Å²) in [5.74, 6) is 0.599. The molecule has 30 heavy (non-hydrogen) atoms. The van der Waals surface area contributed by atoms with Crippen LogP contribution in [-0.2, 0) is 6.61 Å². The van der Waals surface area contributed by atoms with E-state index >= 15 is 0 Å². The van der Waals surface area contributed by atoms with Gasteiger partial charge < -0.3 is 9.47 Å². The summed E-state index contributed by atoms with van der Waals surface area (Å²) in [7, 11) is 0. The Hall–Kier alpha value is -3.00. The Kier molecular flexibility index (Phi) is 7.35. The normalized spacial score (nSPS) is 11.1. The van der Waals surface area contributed by atoms with Crippen molar-refractivity contribution in [2.75, 3.05) is 6.61 Å². The number of benzene rings is 3. The third-order valence-corrected chi connectivity index (χ3v) is 4.85. The van der Waals surface area contributed by atoms with Crippen molar-refractivity contribution in [3.63, 3.8) is 0 Å². The SMILES string of the molecule is CCOc1cc(C=C(C#N)c2ccccc2F)ccc1OCc1ccc(Cl)cc1Cl. The molecule has 0 aliphatic rings. The average molecular weight is 442 g/mol. The summed E-state index contributed by atoms with van der Waals surface area (Å²) in [5.41, 5.74) is 1.95. The molecule has 6 heteroatoms. The van der Waals surface area contributed by atoms with Gasteiger partial charge in [0.25, 0.3) is 0 Å². The molecule has 3 aromatic rings. The number of hydrogen-bond donors (Lipinski definition) is 0. The first-order chi connectivity index (χ1) is 14.5.